The average molecular weight is 470 g/mol. The molecular weight excluding hydrogens is 442 g/mol. The Morgan fingerprint density at radius 1 is 0.970 bits per heavy atom. The number of piperazine rings is 1. The minimum absolute atomic E-state index is 0.0102. The summed E-state index contributed by atoms with van der Waals surface area (Å²) in [5.74, 6) is -0.275. The maximum atomic E-state index is 12.5. The van der Waals surface area contributed by atoms with Crippen molar-refractivity contribution in [1.82, 2.24) is 19.2 Å². The van der Waals surface area contributed by atoms with Crippen molar-refractivity contribution in [1.29, 1.82) is 0 Å². The first-order chi connectivity index (χ1) is 15.9. The Kier molecular flexibility index (Phi) is 6.85. The van der Waals surface area contributed by atoms with E-state index in [1.54, 1.807) is 23.0 Å². The zero-order valence-electron chi connectivity index (χ0n) is 19.0. The zero-order valence-corrected chi connectivity index (χ0v) is 19.8. The Morgan fingerprint density at radius 3 is 2.12 bits per heavy atom. The number of aromatic nitrogens is 3. The van der Waals surface area contributed by atoms with Gasteiger partial charge < -0.3 is 9.64 Å². The molecule has 1 saturated heterocycles. The third kappa shape index (κ3) is 4.82. The number of rotatable bonds is 6. The van der Waals surface area contributed by atoms with Crippen LogP contribution in [0, 0.1) is 0 Å². The number of hydrogen-bond acceptors (Lipinski definition) is 6. The van der Waals surface area contributed by atoms with Gasteiger partial charge in [0.2, 0.25) is 0 Å². The summed E-state index contributed by atoms with van der Waals surface area (Å²) in [6.45, 7) is 6.82. The third-order valence-corrected chi connectivity index (χ3v) is 6.22. The molecule has 3 aromatic rings. The first kappa shape index (κ1) is 23.1. The van der Waals surface area contributed by atoms with Crippen molar-refractivity contribution in [2.45, 2.75) is 25.9 Å². The molecule has 0 saturated carbocycles. The average Bonchev–Trinajstić information content (AvgIpc) is 3.22. The lowest BCUT2D eigenvalue weighted by Crippen LogP contribution is -2.49. The summed E-state index contributed by atoms with van der Waals surface area (Å²) in [6, 6.07) is 14.8. The van der Waals surface area contributed by atoms with Gasteiger partial charge in [0.1, 0.15) is 12.4 Å². The number of nitrogens with zero attached hydrogens (tertiary/aromatic N) is 5. The van der Waals surface area contributed by atoms with Crippen LogP contribution < -0.4 is 10.6 Å². The van der Waals surface area contributed by atoms with Crippen molar-refractivity contribution in [2.24, 2.45) is 0 Å². The van der Waals surface area contributed by atoms with E-state index in [4.69, 9.17) is 16.3 Å². The molecule has 2 heterocycles. The van der Waals surface area contributed by atoms with Gasteiger partial charge in [0.15, 0.2) is 0 Å². The van der Waals surface area contributed by atoms with Gasteiger partial charge in [-0.3, -0.25) is 4.90 Å². The number of benzene rings is 2. The van der Waals surface area contributed by atoms with Crippen LogP contribution in [-0.2, 0) is 9.53 Å². The summed E-state index contributed by atoms with van der Waals surface area (Å²) >= 11 is 6.02. The first-order valence-electron chi connectivity index (χ1n) is 11.0. The third-order valence-electron chi connectivity index (χ3n) is 5.97. The highest BCUT2D eigenvalue weighted by Gasteiger charge is 2.31. The molecule has 0 aliphatic carbocycles. The summed E-state index contributed by atoms with van der Waals surface area (Å²) in [6.07, 6.45) is 1.56. The van der Waals surface area contributed by atoms with E-state index in [-0.39, 0.29) is 17.7 Å². The first-order valence-corrected chi connectivity index (χ1v) is 11.4. The van der Waals surface area contributed by atoms with E-state index in [0.717, 1.165) is 30.0 Å². The van der Waals surface area contributed by atoms with E-state index in [1.807, 2.05) is 50.2 Å². The molecule has 174 valence electrons. The second-order valence-corrected chi connectivity index (χ2v) is 8.77. The molecule has 1 aliphatic rings. The molecule has 4 rings (SSSR count). The number of anilines is 1. The van der Waals surface area contributed by atoms with Crippen LogP contribution in [0.5, 0.6) is 0 Å². The van der Waals surface area contributed by atoms with Crippen LogP contribution in [0.3, 0.4) is 0 Å². The van der Waals surface area contributed by atoms with Gasteiger partial charge >= 0.3 is 11.7 Å². The predicted octanol–water partition coefficient (Wildman–Crippen LogP) is 3.30. The van der Waals surface area contributed by atoms with Gasteiger partial charge in [-0.15, -0.1) is 0 Å². The van der Waals surface area contributed by atoms with Crippen LogP contribution in [-0.4, -0.2) is 58.5 Å². The number of carbonyl (C=O) groups is 1. The van der Waals surface area contributed by atoms with Crippen LogP contribution in [0.15, 0.2) is 59.7 Å². The lowest BCUT2D eigenvalue weighted by molar-refractivity contribution is -0.147. The Balaban J connectivity index is 1.45. The fraction of sp³-hybridized carbons (Fsp3) is 0.375. The van der Waals surface area contributed by atoms with Crippen molar-refractivity contribution < 1.29 is 9.53 Å². The number of carbonyl (C=O) groups excluding carboxylic acids is 1. The lowest BCUT2D eigenvalue weighted by atomic mass is 10.0. The minimum Gasteiger partial charge on any atom is -0.468 e. The maximum absolute atomic E-state index is 12.5. The molecule has 9 heteroatoms. The summed E-state index contributed by atoms with van der Waals surface area (Å²) in [5, 5.41) is 4.82. The SMILES string of the molecule is COC(=O)C(c1ccc(Cl)cc1)N1CCN(c2ccc(-n3cnn(C(C)C)c3=O)cc2)CC1. The number of halogens is 1. The van der Waals surface area contributed by atoms with E-state index < -0.39 is 6.04 Å². The van der Waals surface area contributed by atoms with Gasteiger partial charge in [-0.1, -0.05) is 23.7 Å². The second-order valence-electron chi connectivity index (χ2n) is 8.34. The zero-order chi connectivity index (χ0) is 23.5. The number of esters is 1. The molecule has 33 heavy (non-hydrogen) atoms. The molecule has 1 aliphatic heterocycles. The second kappa shape index (κ2) is 9.80. The number of hydrogen-bond donors (Lipinski definition) is 0. The monoisotopic (exact) mass is 469 g/mol. The molecule has 1 atom stereocenters. The smallest absolute Gasteiger partial charge is 0.350 e. The summed E-state index contributed by atoms with van der Waals surface area (Å²) in [5.41, 5.74) is 2.57. The van der Waals surface area contributed by atoms with E-state index in [0.29, 0.717) is 18.1 Å². The van der Waals surface area contributed by atoms with E-state index in [1.165, 1.54) is 11.8 Å². The molecule has 1 fully saturated rings. The van der Waals surface area contributed by atoms with Crippen LogP contribution in [0.1, 0.15) is 31.5 Å². The quantitative estimate of drug-likeness (QED) is 0.516. The maximum Gasteiger partial charge on any atom is 0.350 e. The van der Waals surface area contributed by atoms with Crippen molar-refractivity contribution >= 4 is 23.3 Å². The highest BCUT2D eigenvalue weighted by Crippen LogP contribution is 2.27. The highest BCUT2D eigenvalue weighted by atomic mass is 35.5. The molecule has 1 aromatic heterocycles. The molecule has 0 amide bonds. The van der Waals surface area contributed by atoms with Crippen molar-refractivity contribution in [3.63, 3.8) is 0 Å². The summed E-state index contributed by atoms with van der Waals surface area (Å²) < 4.78 is 8.10. The molecular formula is C24H28ClN5O3. The Labute approximate surface area is 197 Å². The van der Waals surface area contributed by atoms with Gasteiger partial charge in [0, 0.05) is 36.9 Å². The Hall–Kier alpha value is -3.10. The van der Waals surface area contributed by atoms with Crippen LogP contribution in [0.2, 0.25) is 5.02 Å². The van der Waals surface area contributed by atoms with E-state index >= 15 is 0 Å². The van der Waals surface area contributed by atoms with Crippen molar-refractivity contribution in [3.8, 4) is 5.69 Å². The van der Waals surface area contributed by atoms with Gasteiger partial charge in [-0.2, -0.15) is 5.10 Å². The number of methoxy groups -OCH3 is 1. The van der Waals surface area contributed by atoms with Gasteiger partial charge in [-0.25, -0.2) is 18.8 Å². The normalized spacial score (nSPS) is 15.6. The fourth-order valence-electron chi connectivity index (χ4n) is 4.16. The molecule has 2 aromatic carbocycles. The topological polar surface area (TPSA) is 72.6 Å². The summed E-state index contributed by atoms with van der Waals surface area (Å²) in [4.78, 5) is 29.5. The molecule has 8 nitrogen and oxygen atoms in total. The molecule has 0 radical (unpaired) electrons. The molecule has 0 spiro atoms. The Morgan fingerprint density at radius 2 is 1.58 bits per heavy atom. The highest BCUT2D eigenvalue weighted by molar-refractivity contribution is 6.30. The molecule has 1 unspecified atom stereocenters. The van der Waals surface area contributed by atoms with E-state index in [2.05, 4.69) is 14.9 Å². The standard InChI is InChI=1S/C24H28ClN5O3/c1-17(2)30-24(32)29(16-26-30)21-10-8-20(9-11-21)27-12-14-28(15-13-27)22(23(31)33-3)18-4-6-19(25)7-5-18/h4-11,16-17,22H,12-15H2,1-3H3. The van der Waals surface area contributed by atoms with Crippen molar-refractivity contribution in [2.75, 3.05) is 38.2 Å². The lowest BCUT2D eigenvalue weighted by Gasteiger charge is -2.39. The number of ether oxygens (including phenoxy) is 1. The van der Waals surface area contributed by atoms with E-state index in [9.17, 15) is 9.59 Å². The fourth-order valence-corrected chi connectivity index (χ4v) is 4.29. The van der Waals surface area contributed by atoms with Crippen LogP contribution >= 0.6 is 11.6 Å². The summed E-state index contributed by atoms with van der Waals surface area (Å²) in [7, 11) is 1.42. The largest absolute Gasteiger partial charge is 0.468 e. The predicted molar refractivity (Wildman–Crippen MR) is 128 cm³/mol. The van der Waals surface area contributed by atoms with Crippen molar-refractivity contribution in [3.05, 3.63) is 75.9 Å². The van der Waals surface area contributed by atoms with Crippen LogP contribution in [0.4, 0.5) is 5.69 Å². The molecule has 0 N–H and O–H groups in total. The van der Waals surface area contributed by atoms with Crippen LogP contribution in [0.25, 0.3) is 5.69 Å². The van der Waals surface area contributed by atoms with Gasteiger partial charge in [0.05, 0.1) is 18.8 Å². The Bertz CT molecular complexity index is 1150. The van der Waals surface area contributed by atoms with Gasteiger partial charge in [-0.05, 0) is 55.8 Å². The molecule has 0 bridgehead atoms. The van der Waals surface area contributed by atoms with Gasteiger partial charge in [0.25, 0.3) is 0 Å². The minimum atomic E-state index is -0.457.